The van der Waals surface area contributed by atoms with Gasteiger partial charge in [-0.3, -0.25) is 4.90 Å². The fourth-order valence-electron chi connectivity index (χ4n) is 3.57. The normalized spacial score (nSPS) is 17.7. The third-order valence-corrected chi connectivity index (χ3v) is 5.95. The van der Waals surface area contributed by atoms with Crippen LogP contribution in [0.5, 0.6) is 11.5 Å². The van der Waals surface area contributed by atoms with Gasteiger partial charge in [0.05, 0.1) is 12.8 Å². The van der Waals surface area contributed by atoms with Gasteiger partial charge in [0.1, 0.15) is 0 Å². The van der Waals surface area contributed by atoms with Crippen molar-refractivity contribution in [3.8, 4) is 22.8 Å². The number of ether oxygens (including phenoxy) is 2. The molecule has 1 N–H and O–H groups in total. The van der Waals surface area contributed by atoms with Crippen LogP contribution in [0.4, 0.5) is 18.3 Å². The Labute approximate surface area is 166 Å². The topological polar surface area (TPSA) is 46.6 Å². The van der Waals surface area contributed by atoms with Crippen LogP contribution in [0, 0.1) is 0 Å². The van der Waals surface area contributed by atoms with E-state index >= 15 is 0 Å². The summed E-state index contributed by atoms with van der Waals surface area (Å²) in [6, 6.07) is 5.06. The molecule has 1 aliphatic heterocycles. The smallest absolute Gasteiger partial charge is 0.493 e. The summed E-state index contributed by atoms with van der Waals surface area (Å²) in [5.74, 6) is -0.345. The zero-order valence-electron chi connectivity index (χ0n) is 16.1. The van der Waals surface area contributed by atoms with E-state index in [1.54, 1.807) is 13.1 Å². The van der Waals surface area contributed by atoms with E-state index in [2.05, 4.69) is 26.9 Å². The lowest BCUT2D eigenvalue weighted by molar-refractivity contribution is -0.275. The van der Waals surface area contributed by atoms with Crippen molar-refractivity contribution < 1.29 is 22.6 Å². The predicted octanol–water partition coefficient (Wildman–Crippen LogP) is 5.13. The monoisotopic (exact) mass is 415 g/mol. The highest BCUT2D eigenvalue weighted by Gasteiger charge is 2.33. The van der Waals surface area contributed by atoms with E-state index in [9.17, 15) is 13.2 Å². The number of likely N-dealkylation sites (tertiary alicyclic amines) is 1. The lowest BCUT2D eigenvalue weighted by Crippen LogP contribution is -2.28. The van der Waals surface area contributed by atoms with Crippen LogP contribution in [0.2, 0.25) is 0 Å². The Morgan fingerprint density at radius 1 is 1.32 bits per heavy atom. The molecule has 28 heavy (non-hydrogen) atoms. The summed E-state index contributed by atoms with van der Waals surface area (Å²) in [5, 5.41) is 3.76. The SMILES string of the molecule is CCC1CCCN1Cc1sc(NC)nc1-c1ccc(OC)c(OC(F)(F)F)c1. The molecule has 1 atom stereocenters. The van der Waals surface area contributed by atoms with E-state index in [0.717, 1.165) is 35.9 Å². The van der Waals surface area contributed by atoms with Crippen LogP contribution in [-0.2, 0) is 6.54 Å². The molecule has 3 rings (SSSR count). The van der Waals surface area contributed by atoms with Crippen molar-refractivity contribution in [2.75, 3.05) is 26.0 Å². The van der Waals surface area contributed by atoms with Crippen LogP contribution in [-0.4, -0.2) is 43.0 Å². The van der Waals surface area contributed by atoms with Gasteiger partial charge in [-0.2, -0.15) is 0 Å². The zero-order valence-corrected chi connectivity index (χ0v) is 16.9. The van der Waals surface area contributed by atoms with Crippen LogP contribution in [0.3, 0.4) is 0 Å². The van der Waals surface area contributed by atoms with Crippen molar-refractivity contribution in [3.05, 3.63) is 23.1 Å². The number of nitrogens with zero attached hydrogens (tertiary/aromatic N) is 2. The Bertz CT molecular complexity index is 810. The number of methoxy groups -OCH3 is 1. The second-order valence-electron chi connectivity index (χ2n) is 6.63. The Balaban J connectivity index is 1.96. The lowest BCUT2D eigenvalue weighted by atomic mass is 10.1. The maximum absolute atomic E-state index is 12.8. The summed E-state index contributed by atoms with van der Waals surface area (Å²) >= 11 is 1.52. The van der Waals surface area contributed by atoms with Gasteiger partial charge in [-0.05, 0) is 44.0 Å². The summed E-state index contributed by atoms with van der Waals surface area (Å²) in [6.45, 7) is 3.93. The zero-order chi connectivity index (χ0) is 20.3. The second-order valence-corrected chi connectivity index (χ2v) is 7.71. The minimum Gasteiger partial charge on any atom is -0.493 e. The van der Waals surface area contributed by atoms with E-state index in [1.807, 2.05) is 0 Å². The van der Waals surface area contributed by atoms with E-state index in [1.165, 1.54) is 37.0 Å². The maximum atomic E-state index is 12.8. The number of hydrogen-bond acceptors (Lipinski definition) is 6. The number of anilines is 1. The molecule has 1 fully saturated rings. The summed E-state index contributed by atoms with van der Waals surface area (Å²) in [7, 11) is 3.09. The van der Waals surface area contributed by atoms with E-state index < -0.39 is 6.36 Å². The Morgan fingerprint density at radius 3 is 2.75 bits per heavy atom. The average molecular weight is 415 g/mol. The fourth-order valence-corrected chi connectivity index (χ4v) is 4.53. The van der Waals surface area contributed by atoms with Crippen molar-refractivity contribution in [3.63, 3.8) is 0 Å². The summed E-state index contributed by atoms with van der Waals surface area (Å²) in [6.07, 6.45) is -1.37. The van der Waals surface area contributed by atoms with Gasteiger partial charge in [0.25, 0.3) is 0 Å². The molecular formula is C19H24F3N3O2S. The second kappa shape index (κ2) is 8.57. The van der Waals surface area contributed by atoms with Gasteiger partial charge in [0.2, 0.25) is 0 Å². The Kier molecular flexibility index (Phi) is 6.34. The number of thiazole rings is 1. The van der Waals surface area contributed by atoms with E-state index in [0.29, 0.717) is 17.3 Å². The first kappa shape index (κ1) is 20.7. The van der Waals surface area contributed by atoms with Crippen molar-refractivity contribution in [1.82, 2.24) is 9.88 Å². The molecule has 0 saturated carbocycles. The number of halogens is 3. The summed E-state index contributed by atoms with van der Waals surface area (Å²) in [5.41, 5.74) is 1.24. The van der Waals surface area contributed by atoms with Gasteiger partial charge < -0.3 is 14.8 Å². The summed E-state index contributed by atoms with van der Waals surface area (Å²) < 4.78 is 47.5. The third-order valence-electron chi connectivity index (χ3n) is 4.89. The molecule has 1 aliphatic rings. The molecule has 0 radical (unpaired) electrons. The minimum absolute atomic E-state index is 0.0253. The van der Waals surface area contributed by atoms with Gasteiger partial charge >= 0.3 is 6.36 Å². The standard InChI is InChI=1S/C19H24F3N3O2S/c1-4-13-6-5-9-25(13)11-16-17(24-18(23-2)28-16)12-7-8-14(26-3)15(10-12)27-19(20,21)22/h7-8,10,13H,4-6,9,11H2,1-3H3,(H,23,24). The van der Waals surface area contributed by atoms with E-state index in [4.69, 9.17) is 4.74 Å². The van der Waals surface area contributed by atoms with E-state index in [-0.39, 0.29) is 11.5 Å². The quantitative estimate of drug-likeness (QED) is 0.679. The number of nitrogens with one attached hydrogen (secondary N) is 1. The largest absolute Gasteiger partial charge is 0.573 e. The van der Waals surface area contributed by atoms with Gasteiger partial charge in [-0.15, -0.1) is 24.5 Å². The molecule has 0 amide bonds. The van der Waals surface area contributed by atoms with Crippen molar-refractivity contribution in [1.29, 1.82) is 0 Å². The number of benzene rings is 1. The fraction of sp³-hybridized carbons (Fsp3) is 0.526. The van der Waals surface area contributed by atoms with Crippen molar-refractivity contribution in [2.24, 2.45) is 0 Å². The van der Waals surface area contributed by atoms with Crippen LogP contribution in [0.25, 0.3) is 11.3 Å². The molecule has 0 aliphatic carbocycles. The highest BCUT2D eigenvalue weighted by molar-refractivity contribution is 7.16. The molecule has 1 saturated heterocycles. The molecule has 1 aromatic carbocycles. The number of rotatable bonds is 7. The number of hydrogen-bond donors (Lipinski definition) is 1. The van der Waals surface area contributed by atoms with Crippen LogP contribution < -0.4 is 14.8 Å². The molecule has 9 heteroatoms. The van der Waals surface area contributed by atoms with Gasteiger partial charge in [-0.1, -0.05) is 6.92 Å². The number of alkyl halides is 3. The van der Waals surface area contributed by atoms with Crippen molar-refractivity contribution >= 4 is 16.5 Å². The first-order valence-corrected chi connectivity index (χ1v) is 10.0. The summed E-state index contributed by atoms with van der Waals surface area (Å²) in [4.78, 5) is 8.03. The van der Waals surface area contributed by atoms with Gasteiger partial charge in [0, 0.05) is 30.1 Å². The highest BCUT2D eigenvalue weighted by atomic mass is 32.1. The molecule has 2 aromatic rings. The van der Waals surface area contributed by atoms with Crippen LogP contribution in [0.1, 0.15) is 31.1 Å². The highest BCUT2D eigenvalue weighted by Crippen LogP contribution is 2.39. The van der Waals surface area contributed by atoms with Crippen LogP contribution in [0.15, 0.2) is 18.2 Å². The molecule has 1 aromatic heterocycles. The first-order valence-electron chi connectivity index (χ1n) is 9.20. The van der Waals surface area contributed by atoms with Gasteiger partial charge in [-0.25, -0.2) is 4.98 Å². The van der Waals surface area contributed by atoms with Crippen molar-refractivity contribution in [2.45, 2.75) is 45.1 Å². The third kappa shape index (κ3) is 4.70. The molecule has 0 spiro atoms. The number of aromatic nitrogens is 1. The Hall–Kier alpha value is -2.00. The minimum atomic E-state index is -4.79. The molecule has 154 valence electrons. The average Bonchev–Trinajstić information content (AvgIpc) is 3.27. The first-order chi connectivity index (χ1) is 13.3. The lowest BCUT2D eigenvalue weighted by Gasteiger charge is -2.23. The molecule has 1 unspecified atom stereocenters. The maximum Gasteiger partial charge on any atom is 0.573 e. The predicted molar refractivity (Wildman–Crippen MR) is 104 cm³/mol. The molecular weight excluding hydrogens is 391 g/mol. The Morgan fingerprint density at radius 2 is 2.11 bits per heavy atom. The molecule has 5 nitrogen and oxygen atoms in total. The molecule has 2 heterocycles. The van der Waals surface area contributed by atoms with Crippen LogP contribution >= 0.6 is 11.3 Å². The van der Waals surface area contributed by atoms with Gasteiger partial charge in [0.15, 0.2) is 16.6 Å². The molecule has 0 bridgehead atoms.